The standard InChI is InChI=1S/C26H35N5O5/c1-25(2,3)36-24(35)29-13-10-26(11-14-29)12-15-30(16-26)17-6-5-7-18-21(17)28(4)23(34)31(18)19-8-9-20(32)27-22(19)33/h5-7,19H,8-16H2,1-4H3,(H,27,32,33). The summed E-state index contributed by atoms with van der Waals surface area (Å²) in [5.74, 6) is -0.728. The zero-order valence-electron chi connectivity index (χ0n) is 21.5. The number of amides is 3. The summed E-state index contributed by atoms with van der Waals surface area (Å²) < 4.78 is 8.70. The molecule has 1 spiro atoms. The summed E-state index contributed by atoms with van der Waals surface area (Å²) in [6.07, 6.45) is 3.13. The maximum atomic E-state index is 13.3. The third-order valence-corrected chi connectivity index (χ3v) is 7.86. The van der Waals surface area contributed by atoms with Gasteiger partial charge in [-0.05, 0) is 64.0 Å². The Morgan fingerprint density at radius 1 is 1.08 bits per heavy atom. The van der Waals surface area contributed by atoms with E-state index in [0.29, 0.717) is 25.0 Å². The highest BCUT2D eigenvalue weighted by molar-refractivity contribution is 6.00. The molecule has 5 rings (SSSR count). The third kappa shape index (κ3) is 4.26. The number of para-hydroxylation sites is 1. The molecular formula is C26H35N5O5. The van der Waals surface area contributed by atoms with Crippen LogP contribution in [0.5, 0.6) is 0 Å². The molecule has 1 unspecified atom stereocenters. The van der Waals surface area contributed by atoms with Crippen LogP contribution in [0.2, 0.25) is 0 Å². The van der Waals surface area contributed by atoms with Crippen LogP contribution in [0.15, 0.2) is 23.0 Å². The number of piperidine rings is 2. The van der Waals surface area contributed by atoms with E-state index in [-0.39, 0.29) is 29.5 Å². The summed E-state index contributed by atoms with van der Waals surface area (Å²) in [6, 6.07) is 5.13. The number of imidazole rings is 1. The molecule has 3 fully saturated rings. The van der Waals surface area contributed by atoms with E-state index in [0.717, 1.165) is 43.6 Å². The van der Waals surface area contributed by atoms with Crippen molar-refractivity contribution in [2.45, 2.75) is 64.5 Å². The second kappa shape index (κ2) is 8.67. The summed E-state index contributed by atoms with van der Waals surface area (Å²) in [4.78, 5) is 54.1. The fourth-order valence-electron chi connectivity index (χ4n) is 5.94. The summed E-state index contributed by atoms with van der Waals surface area (Å²) in [5.41, 5.74) is 1.84. The van der Waals surface area contributed by atoms with Gasteiger partial charge in [0.2, 0.25) is 11.8 Å². The number of fused-ring (bicyclic) bond motifs is 1. The fraction of sp³-hybridized carbons (Fsp3) is 0.615. The minimum atomic E-state index is -0.698. The van der Waals surface area contributed by atoms with Crippen LogP contribution in [0.4, 0.5) is 10.5 Å². The summed E-state index contributed by atoms with van der Waals surface area (Å²) in [5, 5.41) is 2.37. The number of aromatic nitrogens is 2. The molecule has 1 atom stereocenters. The Labute approximate surface area is 210 Å². The van der Waals surface area contributed by atoms with Gasteiger partial charge < -0.3 is 14.5 Å². The van der Waals surface area contributed by atoms with Gasteiger partial charge in [-0.25, -0.2) is 9.59 Å². The molecule has 3 aliphatic rings. The molecule has 3 aliphatic heterocycles. The molecule has 3 saturated heterocycles. The van der Waals surface area contributed by atoms with E-state index < -0.39 is 17.6 Å². The van der Waals surface area contributed by atoms with Crippen molar-refractivity contribution in [3.63, 3.8) is 0 Å². The molecule has 10 heteroatoms. The number of rotatable bonds is 2. The first kappa shape index (κ1) is 24.4. The monoisotopic (exact) mass is 497 g/mol. The van der Waals surface area contributed by atoms with Gasteiger partial charge in [0.25, 0.3) is 0 Å². The van der Waals surface area contributed by atoms with Gasteiger partial charge >= 0.3 is 11.8 Å². The highest BCUT2D eigenvalue weighted by Gasteiger charge is 2.43. The molecule has 0 bridgehead atoms. The van der Waals surface area contributed by atoms with Crippen LogP contribution in [0.25, 0.3) is 11.0 Å². The molecule has 1 aromatic carbocycles. The van der Waals surface area contributed by atoms with Gasteiger partial charge in [0, 0.05) is 39.6 Å². The van der Waals surface area contributed by atoms with Gasteiger partial charge in [-0.15, -0.1) is 0 Å². The Morgan fingerprint density at radius 3 is 2.44 bits per heavy atom. The lowest BCUT2D eigenvalue weighted by Crippen LogP contribution is -2.46. The Morgan fingerprint density at radius 2 is 1.78 bits per heavy atom. The SMILES string of the molecule is Cn1c(=O)n(C2CCC(=O)NC2=O)c2cccc(N3CCC4(CCN(C(=O)OC(C)(C)C)CC4)C3)c21. The number of hydrogen-bond donors (Lipinski definition) is 1. The number of nitrogens with zero attached hydrogens (tertiary/aromatic N) is 4. The molecule has 4 heterocycles. The van der Waals surface area contributed by atoms with Crippen LogP contribution in [-0.4, -0.2) is 63.7 Å². The molecule has 2 aromatic rings. The average molecular weight is 498 g/mol. The Hall–Kier alpha value is -3.30. The number of ether oxygens (including phenoxy) is 1. The van der Waals surface area contributed by atoms with Crippen molar-refractivity contribution in [3.05, 3.63) is 28.7 Å². The van der Waals surface area contributed by atoms with Gasteiger partial charge in [-0.2, -0.15) is 0 Å². The van der Waals surface area contributed by atoms with E-state index in [1.807, 2.05) is 43.9 Å². The minimum absolute atomic E-state index is 0.117. The first-order valence-corrected chi connectivity index (χ1v) is 12.7. The van der Waals surface area contributed by atoms with Crippen LogP contribution in [0.3, 0.4) is 0 Å². The smallest absolute Gasteiger partial charge is 0.410 e. The summed E-state index contributed by atoms with van der Waals surface area (Å²) in [7, 11) is 1.74. The van der Waals surface area contributed by atoms with Gasteiger partial charge in [-0.1, -0.05) is 6.07 Å². The van der Waals surface area contributed by atoms with Gasteiger partial charge in [0.05, 0.1) is 16.7 Å². The number of aryl methyl sites for hydroxylation is 1. The first-order chi connectivity index (χ1) is 17.0. The molecule has 36 heavy (non-hydrogen) atoms. The number of benzene rings is 1. The van der Waals surface area contributed by atoms with Crippen molar-refractivity contribution in [3.8, 4) is 0 Å². The molecule has 0 aliphatic carbocycles. The second-order valence-corrected chi connectivity index (χ2v) is 11.5. The van der Waals surface area contributed by atoms with Crippen molar-refractivity contribution in [2.75, 3.05) is 31.1 Å². The van der Waals surface area contributed by atoms with Crippen LogP contribution < -0.4 is 15.9 Å². The lowest BCUT2D eigenvalue weighted by atomic mass is 9.78. The van der Waals surface area contributed by atoms with Crippen molar-refractivity contribution in [1.82, 2.24) is 19.4 Å². The van der Waals surface area contributed by atoms with E-state index in [4.69, 9.17) is 4.74 Å². The number of anilines is 1. The highest BCUT2D eigenvalue weighted by Crippen LogP contribution is 2.43. The Kier molecular flexibility index (Phi) is 5.88. The normalized spacial score (nSPS) is 22.4. The average Bonchev–Trinajstić information content (AvgIpc) is 3.33. The third-order valence-electron chi connectivity index (χ3n) is 7.86. The Balaban J connectivity index is 1.37. The Bertz CT molecular complexity index is 1280. The molecule has 0 saturated carbocycles. The van der Waals surface area contributed by atoms with Crippen molar-refractivity contribution < 1.29 is 19.1 Å². The summed E-state index contributed by atoms with van der Waals surface area (Å²) >= 11 is 0. The van der Waals surface area contributed by atoms with E-state index in [2.05, 4.69) is 10.2 Å². The zero-order chi connectivity index (χ0) is 25.8. The predicted octanol–water partition coefficient (Wildman–Crippen LogP) is 2.55. The van der Waals surface area contributed by atoms with Gasteiger partial charge in [-0.3, -0.25) is 24.0 Å². The van der Waals surface area contributed by atoms with E-state index in [1.165, 1.54) is 4.57 Å². The fourth-order valence-corrected chi connectivity index (χ4v) is 5.94. The zero-order valence-corrected chi connectivity index (χ0v) is 21.5. The predicted molar refractivity (Wildman–Crippen MR) is 135 cm³/mol. The number of hydrogen-bond acceptors (Lipinski definition) is 6. The highest BCUT2D eigenvalue weighted by atomic mass is 16.6. The topological polar surface area (TPSA) is 106 Å². The van der Waals surface area contributed by atoms with E-state index >= 15 is 0 Å². The first-order valence-electron chi connectivity index (χ1n) is 12.7. The van der Waals surface area contributed by atoms with Gasteiger partial charge in [0.1, 0.15) is 11.6 Å². The molecular weight excluding hydrogens is 462 g/mol. The van der Waals surface area contributed by atoms with Gasteiger partial charge in [0.15, 0.2) is 0 Å². The van der Waals surface area contributed by atoms with Crippen LogP contribution in [0, 0.1) is 5.41 Å². The quantitative estimate of drug-likeness (QED) is 0.640. The lowest BCUT2D eigenvalue weighted by Gasteiger charge is -2.39. The second-order valence-electron chi connectivity index (χ2n) is 11.5. The largest absolute Gasteiger partial charge is 0.444 e. The van der Waals surface area contributed by atoms with Crippen molar-refractivity contribution >= 4 is 34.6 Å². The molecule has 0 radical (unpaired) electrons. The van der Waals surface area contributed by atoms with Crippen molar-refractivity contribution in [1.29, 1.82) is 0 Å². The van der Waals surface area contributed by atoms with Crippen LogP contribution in [-0.2, 0) is 21.4 Å². The van der Waals surface area contributed by atoms with Crippen molar-refractivity contribution in [2.24, 2.45) is 12.5 Å². The molecule has 10 nitrogen and oxygen atoms in total. The lowest BCUT2D eigenvalue weighted by molar-refractivity contribution is -0.135. The van der Waals surface area contributed by atoms with Crippen LogP contribution >= 0.6 is 0 Å². The number of imide groups is 1. The maximum Gasteiger partial charge on any atom is 0.410 e. The summed E-state index contributed by atoms with van der Waals surface area (Å²) in [6.45, 7) is 8.72. The maximum absolute atomic E-state index is 13.3. The molecule has 194 valence electrons. The molecule has 1 aromatic heterocycles. The number of nitrogens with one attached hydrogen (secondary N) is 1. The van der Waals surface area contributed by atoms with E-state index in [1.54, 1.807) is 11.6 Å². The van der Waals surface area contributed by atoms with Crippen LogP contribution in [0.1, 0.15) is 58.9 Å². The van der Waals surface area contributed by atoms with E-state index in [9.17, 15) is 19.2 Å². The minimum Gasteiger partial charge on any atom is -0.444 e. The number of carbonyl (C=O) groups excluding carboxylic acids is 3. The number of likely N-dealkylation sites (tertiary alicyclic amines) is 1. The number of carbonyl (C=O) groups is 3. The molecule has 1 N–H and O–H groups in total. The molecule has 3 amide bonds.